The molecule has 1 aliphatic rings. The summed E-state index contributed by atoms with van der Waals surface area (Å²) in [5, 5.41) is 21.3. The molecule has 20 heavy (non-hydrogen) atoms. The highest BCUT2D eigenvalue weighted by Crippen LogP contribution is 2.18. The van der Waals surface area contributed by atoms with E-state index in [1.807, 2.05) is 31.2 Å². The van der Waals surface area contributed by atoms with Crippen molar-refractivity contribution in [3.8, 4) is 11.8 Å². The molecule has 3 rings (SSSR count). The molecule has 0 atom stereocenters. The maximum atomic E-state index is 9.25. The predicted octanol–water partition coefficient (Wildman–Crippen LogP) is 0.857. The van der Waals surface area contributed by atoms with E-state index in [-0.39, 0.29) is 0 Å². The normalized spacial score (nSPS) is 15.1. The third kappa shape index (κ3) is 2.36. The molecule has 1 aromatic heterocycles. The fourth-order valence-corrected chi connectivity index (χ4v) is 2.25. The van der Waals surface area contributed by atoms with Crippen molar-refractivity contribution >= 4 is 5.82 Å². The van der Waals surface area contributed by atoms with Crippen LogP contribution in [-0.2, 0) is 0 Å². The first-order valence-electron chi connectivity index (χ1n) is 6.68. The highest BCUT2D eigenvalue weighted by Gasteiger charge is 2.20. The number of benzene rings is 1. The van der Waals surface area contributed by atoms with Crippen molar-refractivity contribution in [2.24, 2.45) is 0 Å². The van der Waals surface area contributed by atoms with Gasteiger partial charge in [0.15, 0.2) is 5.82 Å². The van der Waals surface area contributed by atoms with Crippen LogP contribution in [0.1, 0.15) is 11.3 Å². The number of nitriles is 1. The molecule has 0 radical (unpaired) electrons. The van der Waals surface area contributed by atoms with Gasteiger partial charge in [0.25, 0.3) is 0 Å². The summed E-state index contributed by atoms with van der Waals surface area (Å²) >= 11 is 0. The minimum Gasteiger partial charge on any atom is -0.350 e. The summed E-state index contributed by atoms with van der Waals surface area (Å²) in [6, 6.07) is 10.1. The van der Waals surface area contributed by atoms with Crippen LogP contribution in [0, 0.1) is 18.3 Å². The molecule has 0 spiro atoms. The van der Waals surface area contributed by atoms with Gasteiger partial charge in [-0.25, -0.2) is 0 Å². The number of nitrogens with zero attached hydrogens (tertiary/aromatic N) is 5. The molecule has 2 heterocycles. The standard InChI is InChI=1S/C14H16N6/c1-11-2-4-12(5-3-11)20-17-13(10-15)14(18-20)19-8-6-16-7-9-19/h2-5,16H,6-9H2,1H3. The van der Waals surface area contributed by atoms with Gasteiger partial charge in [0, 0.05) is 26.2 Å². The second-order valence-corrected chi connectivity index (χ2v) is 4.85. The summed E-state index contributed by atoms with van der Waals surface area (Å²) in [6.45, 7) is 5.54. The first-order chi connectivity index (χ1) is 9.78. The molecule has 1 aromatic carbocycles. The van der Waals surface area contributed by atoms with Crippen molar-refractivity contribution in [3.63, 3.8) is 0 Å². The Morgan fingerprint density at radius 2 is 1.85 bits per heavy atom. The Balaban J connectivity index is 1.96. The number of anilines is 1. The topological polar surface area (TPSA) is 69.8 Å². The fraction of sp³-hybridized carbons (Fsp3) is 0.357. The van der Waals surface area contributed by atoms with Gasteiger partial charge in [-0.1, -0.05) is 17.7 Å². The quantitative estimate of drug-likeness (QED) is 0.874. The average molecular weight is 268 g/mol. The average Bonchev–Trinajstić information content (AvgIpc) is 2.93. The lowest BCUT2D eigenvalue weighted by Gasteiger charge is -2.26. The van der Waals surface area contributed by atoms with Crippen molar-refractivity contribution in [3.05, 3.63) is 35.5 Å². The van der Waals surface area contributed by atoms with E-state index in [1.54, 1.807) is 0 Å². The van der Waals surface area contributed by atoms with Crippen LogP contribution in [0.2, 0.25) is 0 Å². The highest BCUT2D eigenvalue weighted by atomic mass is 15.5. The summed E-state index contributed by atoms with van der Waals surface area (Å²) in [7, 11) is 0. The Morgan fingerprint density at radius 3 is 2.50 bits per heavy atom. The van der Waals surface area contributed by atoms with Crippen LogP contribution in [0.3, 0.4) is 0 Å². The molecular weight excluding hydrogens is 252 g/mol. The first-order valence-corrected chi connectivity index (χ1v) is 6.68. The molecule has 0 aliphatic carbocycles. The molecule has 1 saturated heterocycles. The second kappa shape index (κ2) is 5.31. The van der Waals surface area contributed by atoms with Crippen LogP contribution in [0.5, 0.6) is 0 Å². The monoisotopic (exact) mass is 268 g/mol. The van der Waals surface area contributed by atoms with Gasteiger partial charge in [-0.3, -0.25) is 0 Å². The van der Waals surface area contributed by atoms with Crippen LogP contribution in [0.15, 0.2) is 24.3 Å². The molecule has 2 aromatic rings. The van der Waals surface area contributed by atoms with Gasteiger partial charge in [0.1, 0.15) is 6.07 Å². The Bertz CT molecular complexity index is 631. The van der Waals surface area contributed by atoms with E-state index in [2.05, 4.69) is 26.5 Å². The van der Waals surface area contributed by atoms with Gasteiger partial charge >= 0.3 is 0 Å². The molecule has 6 nitrogen and oxygen atoms in total. The van der Waals surface area contributed by atoms with Crippen LogP contribution in [0.4, 0.5) is 5.82 Å². The van der Waals surface area contributed by atoms with E-state index >= 15 is 0 Å². The zero-order valence-corrected chi connectivity index (χ0v) is 11.4. The largest absolute Gasteiger partial charge is 0.350 e. The number of piperazine rings is 1. The van der Waals surface area contributed by atoms with Crippen molar-refractivity contribution in [1.29, 1.82) is 5.26 Å². The molecule has 102 valence electrons. The Kier molecular flexibility index (Phi) is 3.35. The summed E-state index contributed by atoms with van der Waals surface area (Å²) < 4.78 is 0. The van der Waals surface area contributed by atoms with Gasteiger partial charge in [0.2, 0.25) is 5.69 Å². The fourth-order valence-electron chi connectivity index (χ4n) is 2.25. The van der Waals surface area contributed by atoms with Gasteiger partial charge in [-0.05, 0) is 19.1 Å². The van der Waals surface area contributed by atoms with Gasteiger partial charge in [0.05, 0.1) is 5.69 Å². The SMILES string of the molecule is Cc1ccc(-n2nc(C#N)c(N3CCNCC3)n2)cc1. The molecular formula is C14H16N6. The van der Waals surface area contributed by atoms with E-state index in [9.17, 15) is 5.26 Å². The molecule has 1 aliphatic heterocycles. The highest BCUT2D eigenvalue weighted by molar-refractivity contribution is 5.50. The zero-order valence-electron chi connectivity index (χ0n) is 11.4. The van der Waals surface area contributed by atoms with Crippen molar-refractivity contribution in [1.82, 2.24) is 20.3 Å². The minimum absolute atomic E-state index is 0.382. The summed E-state index contributed by atoms with van der Waals surface area (Å²) in [6.07, 6.45) is 0. The van der Waals surface area contributed by atoms with Crippen molar-refractivity contribution < 1.29 is 0 Å². The number of nitrogens with one attached hydrogen (secondary N) is 1. The van der Waals surface area contributed by atoms with E-state index < -0.39 is 0 Å². The lowest BCUT2D eigenvalue weighted by atomic mass is 10.2. The van der Waals surface area contributed by atoms with Crippen LogP contribution in [-0.4, -0.2) is 41.2 Å². The second-order valence-electron chi connectivity index (χ2n) is 4.85. The maximum absolute atomic E-state index is 9.25. The Morgan fingerprint density at radius 1 is 1.15 bits per heavy atom. The van der Waals surface area contributed by atoms with Crippen molar-refractivity contribution in [2.45, 2.75) is 6.92 Å². The molecule has 0 unspecified atom stereocenters. The van der Waals surface area contributed by atoms with Crippen LogP contribution in [0.25, 0.3) is 5.69 Å². The maximum Gasteiger partial charge on any atom is 0.207 e. The number of hydrogen-bond donors (Lipinski definition) is 1. The van der Waals surface area contributed by atoms with E-state index in [0.29, 0.717) is 11.5 Å². The van der Waals surface area contributed by atoms with E-state index in [1.165, 1.54) is 10.4 Å². The van der Waals surface area contributed by atoms with Gasteiger partial charge in [-0.2, -0.15) is 5.26 Å². The molecule has 0 saturated carbocycles. The summed E-state index contributed by atoms with van der Waals surface area (Å²) in [5.41, 5.74) is 2.43. The molecule has 1 fully saturated rings. The third-order valence-electron chi connectivity index (χ3n) is 3.38. The first kappa shape index (κ1) is 12.6. The lowest BCUT2D eigenvalue weighted by Crippen LogP contribution is -2.44. The Labute approximate surface area is 117 Å². The molecule has 6 heteroatoms. The van der Waals surface area contributed by atoms with Gasteiger partial charge < -0.3 is 10.2 Å². The van der Waals surface area contributed by atoms with Gasteiger partial charge in [-0.15, -0.1) is 15.0 Å². The van der Waals surface area contributed by atoms with Crippen molar-refractivity contribution in [2.75, 3.05) is 31.1 Å². The Hall–Kier alpha value is -2.39. The number of aryl methyl sites for hydroxylation is 1. The molecule has 0 bridgehead atoms. The van der Waals surface area contributed by atoms with E-state index in [0.717, 1.165) is 31.9 Å². The third-order valence-corrected chi connectivity index (χ3v) is 3.38. The number of rotatable bonds is 2. The number of aromatic nitrogens is 3. The summed E-state index contributed by atoms with van der Waals surface area (Å²) in [4.78, 5) is 3.64. The smallest absolute Gasteiger partial charge is 0.207 e. The minimum atomic E-state index is 0.382. The van der Waals surface area contributed by atoms with Crippen LogP contribution >= 0.6 is 0 Å². The zero-order chi connectivity index (χ0) is 13.9. The van der Waals surface area contributed by atoms with Crippen LogP contribution < -0.4 is 10.2 Å². The summed E-state index contributed by atoms with van der Waals surface area (Å²) in [5.74, 6) is 0.676. The lowest BCUT2D eigenvalue weighted by molar-refractivity contribution is 0.582. The van der Waals surface area contributed by atoms with E-state index in [4.69, 9.17) is 0 Å². The predicted molar refractivity (Wildman–Crippen MR) is 75.9 cm³/mol. The molecule has 1 N–H and O–H groups in total. The molecule has 0 amide bonds. The number of hydrogen-bond acceptors (Lipinski definition) is 5.